The summed E-state index contributed by atoms with van der Waals surface area (Å²) >= 11 is 2.74. The Morgan fingerprint density at radius 3 is 2.55 bits per heavy atom. The van der Waals surface area contributed by atoms with Gasteiger partial charge in [0.25, 0.3) is 0 Å². The Balaban J connectivity index is 2.86. The number of rotatable bonds is 2. The molecular formula is C7H5BrF2Zn. The van der Waals surface area contributed by atoms with Crippen molar-refractivity contribution in [3.05, 3.63) is 35.4 Å². The van der Waals surface area contributed by atoms with Crippen molar-refractivity contribution in [2.24, 2.45) is 0 Å². The van der Waals surface area contributed by atoms with E-state index in [-0.39, 0.29) is 0 Å². The molecule has 0 amide bonds. The third kappa shape index (κ3) is 2.60. The van der Waals surface area contributed by atoms with Crippen LogP contribution in [0.1, 0.15) is 5.56 Å². The molecular weight excluding hydrogens is 267 g/mol. The Morgan fingerprint density at radius 2 is 2.00 bits per heavy atom. The third-order valence-electron chi connectivity index (χ3n) is 1.37. The zero-order chi connectivity index (χ0) is 8.27. The zero-order valence-electron chi connectivity index (χ0n) is 5.78. The molecule has 0 atom stereocenters. The van der Waals surface area contributed by atoms with E-state index in [0.29, 0.717) is 0 Å². The average Bonchev–Trinajstić information content (AvgIpc) is 1.98. The van der Waals surface area contributed by atoms with Crippen molar-refractivity contribution in [3.8, 4) is 0 Å². The second-order valence-corrected chi connectivity index (χ2v) is 8.15. The van der Waals surface area contributed by atoms with Crippen LogP contribution in [0.2, 0.25) is 0 Å². The van der Waals surface area contributed by atoms with Crippen LogP contribution >= 0.6 is 13.6 Å². The van der Waals surface area contributed by atoms with E-state index >= 15 is 0 Å². The topological polar surface area (TPSA) is 0 Å². The molecule has 0 saturated carbocycles. The predicted molar refractivity (Wildman–Crippen MR) is 39.0 cm³/mol. The Kier molecular flexibility index (Phi) is 3.60. The number of halogens is 3. The normalized spacial score (nSPS) is 9.36. The summed E-state index contributed by atoms with van der Waals surface area (Å²) in [7, 11) is 0. The molecule has 0 heterocycles. The van der Waals surface area contributed by atoms with Gasteiger partial charge in [-0.2, -0.15) is 0 Å². The maximum atomic E-state index is 12.5. The van der Waals surface area contributed by atoms with Gasteiger partial charge in [-0.3, -0.25) is 0 Å². The van der Waals surface area contributed by atoms with Crippen LogP contribution < -0.4 is 0 Å². The molecule has 1 rings (SSSR count). The van der Waals surface area contributed by atoms with Crippen LogP contribution in [-0.4, -0.2) is 0 Å². The van der Waals surface area contributed by atoms with E-state index in [2.05, 4.69) is 13.6 Å². The second-order valence-electron chi connectivity index (χ2n) is 2.19. The van der Waals surface area contributed by atoms with Crippen LogP contribution in [-0.2, 0) is 20.2 Å². The van der Waals surface area contributed by atoms with Gasteiger partial charge in [0.1, 0.15) is 0 Å². The van der Waals surface area contributed by atoms with Gasteiger partial charge in [0.15, 0.2) is 0 Å². The minimum absolute atomic E-state index is 0.657. The summed E-state index contributed by atoms with van der Waals surface area (Å²) in [6.07, 6.45) is 0. The molecule has 0 aliphatic carbocycles. The average molecular weight is 272 g/mol. The van der Waals surface area contributed by atoms with E-state index in [1.807, 2.05) is 0 Å². The van der Waals surface area contributed by atoms with E-state index < -0.39 is 26.8 Å². The van der Waals surface area contributed by atoms with Crippen LogP contribution in [0.4, 0.5) is 8.78 Å². The predicted octanol–water partition coefficient (Wildman–Crippen LogP) is 2.86. The number of hydrogen-bond acceptors (Lipinski definition) is 0. The van der Waals surface area contributed by atoms with Crippen molar-refractivity contribution in [2.45, 2.75) is 5.02 Å². The fourth-order valence-corrected chi connectivity index (χ4v) is 4.29. The van der Waals surface area contributed by atoms with Crippen LogP contribution in [0.25, 0.3) is 0 Å². The van der Waals surface area contributed by atoms with E-state index in [1.54, 1.807) is 6.07 Å². The summed E-state index contributed by atoms with van der Waals surface area (Å²) < 4.78 is 24.9. The van der Waals surface area contributed by atoms with Gasteiger partial charge >= 0.3 is 78.0 Å². The summed E-state index contributed by atoms with van der Waals surface area (Å²) in [6.45, 7) is 0. The standard InChI is InChI=1S/C7H5F2.BrH.Zn/c1-5-2-3-6(8)7(9)4-5;;/h2-4H,1H2;1H;/q;;+1/p-1. The van der Waals surface area contributed by atoms with Crippen molar-refractivity contribution < 1.29 is 23.9 Å². The SMILES string of the molecule is Fc1ccc([CH2][Zn][Br])cc1F. The van der Waals surface area contributed by atoms with Crippen LogP contribution in [0.15, 0.2) is 18.2 Å². The van der Waals surface area contributed by atoms with Gasteiger partial charge < -0.3 is 0 Å². The fourth-order valence-electron chi connectivity index (χ4n) is 0.804. The van der Waals surface area contributed by atoms with E-state index in [1.165, 1.54) is 12.1 Å². The molecule has 0 aromatic heterocycles. The van der Waals surface area contributed by atoms with Gasteiger partial charge in [0.05, 0.1) is 0 Å². The summed E-state index contributed by atoms with van der Waals surface area (Å²) in [5, 5.41) is 0.907. The second kappa shape index (κ2) is 4.27. The van der Waals surface area contributed by atoms with Gasteiger partial charge in [-0.05, 0) is 0 Å². The maximum absolute atomic E-state index is 12.5. The molecule has 1 aromatic carbocycles. The monoisotopic (exact) mass is 270 g/mol. The van der Waals surface area contributed by atoms with Crippen LogP contribution in [0, 0.1) is 11.6 Å². The Bertz CT molecular complexity index is 252. The molecule has 1 aromatic rings. The molecule has 0 N–H and O–H groups in total. The van der Waals surface area contributed by atoms with Crippen LogP contribution in [0.3, 0.4) is 0 Å². The first-order chi connectivity index (χ1) is 5.24. The van der Waals surface area contributed by atoms with E-state index in [4.69, 9.17) is 0 Å². The first-order valence-electron chi connectivity index (χ1n) is 3.24. The van der Waals surface area contributed by atoms with Gasteiger partial charge in [-0.15, -0.1) is 0 Å². The zero-order valence-corrected chi connectivity index (χ0v) is 10.3. The Morgan fingerprint density at radius 1 is 1.27 bits per heavy atom. The molecule has 0 aliphatic heterocycles. The number of benzene rings is 1. The summed E-state index contributed by atoms with van der Waals surface area (Å²) in [6, 6.07) is 4.07. The van der Waals surface area contributed by atoms with Gasteiger partial charge in [-0.25, -0.2) is 0 Å². The first kappa shape index (κ1) is 9.27. The van der Waals surface area contributed by atoms with Crippen molar-refractivity contribution >= 4 is 13.6 Å². The molecule has 0 radical (unpaired) electrons. The summed E-state index contributed by atoms with van der Waals surface area (Å²) in [5.74, 6) is -1.51. The van der Waals surface area contributed by atoms with Crippen molar-refractivity contribution in [3.63, 3.8) is 0 Å². The minimum atomic E-state index is -0.768. The molecule has 0 fully saturated rings. The van der Waals surface area contributed by atoms with Crippen molar-refractivity contribution in [1.82, 2.24) is 0 Å². The fraction of sp³-hybridized carbons (Fsp3) is 0.143. The Hall–Kier alpha value is 0.183. The molecule has 0 saturated heterocycles. The molecule has 0 bridgehead atoms. The number of hydrogen-bond donors (Lipinski definition) is 0. The van der Waals surface area contributed by atoms with E-state index in [0.717, 1.165) is 10.6 Å². The molecule has 0 nitrogen and oxygen atoms in total. The molecule has 0 aliphatic rings. The quantitative estimate of drug-likeness (QED) is 0.726. The van der Waals surface area contributed by atoms with Gasteiger partial charge in [0, 0.05) is 0 Å². The van der Waals surface area contributed by atoms with Gasteiger partial charge in [0.2, 0.25) is 0 Å². The van der Waals surface area contributed by atoms with Crippen LogP contribution in [0.5, 0.6) is 0 Å². The van der Waals surface area contributed by atoms with E-state index in [9.17, 15) is 8.78 Å². The molecule has 11 heavy (non-hydrogen) atoms. The van der Waals surface area contributed by atoms with Gasteiger partial charge in [-0.1, -0.05) is 0 Å². The van der Waals surface area contributed by atoms with Crippen molar-refractivity contribution in [2.75, 3.05) is 0 Å². The summed E-state index contributed by atoms with van der Waals surface area (Å²) in [4.78, 5) is 0. The van der Waals surface area contributed by atoms with Crippen molar-refractivity contribution in [1.29, 1.82) is 0 Å². The molecule has 0 spiro atoms. The Labute approximate surface area is 77.9 Å². The molecule has 56 valence electrons. The first-order valence-corrected chi connectivity index (χ1v) is 12.3. The molecule has 0 unspecified atom stereocenters. The summed E-state index contributed by atoms with van der Waals surface area (Å²) in [5.41, 5.74) is 0.890. The molecule has 4 heteroatoms. The third-order valence-corrected chi connectivity index (χ3v) is 5.04.